The number of hydrogen-bond acceptors (Lipinski definition) is 6. The van der Waals surface area contributed by atoms with Gasteiger partial charge in [-0.05, 0) is 18.8 Å². The van der Waals surface area contributed by atoms with E-state index >= 15 is 0 Å². The second-order valence-electron chi connectivity index (χ2n) is 4.88. The molecule has 21 heavy (non-hydrogen) atoms. The quantitative estimate of drug-likeness (QED) is 0.366. The Bertz CT molecular complexity index is 565. The summed E-state index contributed by atoms with van der Waals surface area (Å²) in [4.78, 5) is 28.1. The lowest BCUT2D eigenvalue weighted by atomic mass is 9.97. The van der Waals surface area contributed by atoms with Gasteiger partial charge in [0.2, 0.25) is 5.82 Å². The number of pyridine rings is 1. The van der Waals surface area contributed by atoms with Crippen molar-refractivity contribution in [2.45, 2.75) is 12.8 Å². The average molecular weight is 291 g/mol. The summed E-state index contributed by atoms with van der Waals surface area (Å²) in [6.07, 6.45) is 5.01. The number of aromatic nitrogens is 1. The summed E-state index contributed by atoms with van der Waals surface area (Å²) in [5.74, 6) is 0.104. The van der Waals surface area contributed by atoms with E-state index in [1.54, 1.807) is 0 Å². The number of nitrogens with zero attached hydrogens (tertiary/aromatic N) is 3. The van der Waals surface area contributed by atoms with Crippen molar-refractivity contribution in [1.29, 1.82) is 0 Å². The molecule has 0 unspecified atom stereocenters. The fraction of sp³-hybridized carbons (Fsp3) is 0.429. The Morgan fingerprint density at radius 1 is 1.57 bits per heavy atom. The van der Waals surface area contributed by atoms with E-state index in [1.807, 2.05) is 11.0 Å². The fourth-order valence-electron chi connectivity index (χ4n) is 2.40. The molecule has 0 aliphatic carbocycles. The molecule has 1 aliphatic rings. The van der Waals surface area contributed by atoms with Crippen molar-refractivity contribution in [1.82, 2.24) is 4.98 Å². The molecule has 0 bridgehead atoms. The van der Waals surface area contributed by atoms with Crippen molar-refractivity contribution < 1.29 is 14.5 Å². The fourth-order valence-corrected chi connectivity index (χ4v) is 2.40. The van der Waals surface area contributed by atoms with Gasteiger partial charge in [0, 0.05) is 25.4 Å². The third-order valence-electron chi connectivity index (χ3n) is 3.64. The maximum absolute atomic E-state index is 11.4. The van der Waals surface area contributed by atoms with E-state index < -0.39 is 10.9 Å². The van der Waals surface area contributed by atoms with E-state index in [9.17, 15) is 14.9 Å². The van der Waals surface area contributed by atoms with Crippen molar-refractivity contribution in [3.63, 3.8) is 0 Å². The maximum Gasteiger partial charge on any atom is 0.339 e. The molecule has 112 valence electrons. The van der Waals surface area contributed by atoms with Crippen LogP contribution in [0.2, 0.25) is 0 Å². The Balaban J connectivity index is 2.29. The molecule has 0 N–H and O–H groups in total. The lowest BCUT2D eigenvalue weighted by Gasteiger charge is -2.31. The number of ether oxygens (including phenoxy) is 1. The smallest absolute Gasteiger partial charge is 0.339 e. The van der Waals surface area contributed by atoms with Crippen molar-refractivity contribution in [2.24, 2.45) is 5.92 Å². The molecule has 7 heteroatoms. The van der Waals surface area contributed by atoms with Gasteiger partial charge in [0.05, 0.1) is 17.6 Å². The first-order valence-electron chi connectivity index (χ1n) is 6.67. The van der Waals surface area contributed by atoms with Gasteiger partial charge in [0.1, 0.15) is 0 Å². The molecule has 1 saturated heterocycles. The normalized spacial score (nSPS) is 15.6. The first-order chi connectivity index (χ1) is 10.1. The van der Waals surface area contributed by atoms with Gasteiger partial charge in [0.25, 0.3) is 0 Å². The highest BCUT2D eigenvalue weighted by molar-refractivity contribution is 5.90. The molecule has 0 aromatic carbocycles. The monoisotopic (exact) mass is 291 g/mol. The zero-order valence-electron chi connectivity index (χ0n) is 11.8. The lowest BCUT2D eigenvalue weighted by molar-refractivity contribution is -0.384. The second-order valence-corrected chi connectivity index (χ2v) is 4.88. The van der Waals surface area contributed by atoms with Crippen LogP contribution in [0, 0.1) is 16.0 Å². The highest BCUT2D eigenvalue weighted by atomic mass is 16.6. The number of esters is 1. The highest BCUT2D eigenvalue weighted by Gasteiger charge is 2.26. The predicted molar refractivity (Wildman–Crippen MR) is 77.4 cm³/mol. The van der Waals surface area contributed by atoms with E-state index in [2.05, 4.69) is 16.3 Å². The number of carbonyl (C=O) groups excluding carboxylic acids is 1. The van der Waals surface area contributed by atoms with Crippen LogP contribution in [-0.4, -0.2) is 36.1 Å². The molecule has 0 atom stereocenters. The molecule has 1 aromatic rings. The number of hydrogen-bond donors (Lipinski definition) is 0. The van der Waals surface area contributed by atoms with Gasteiger partial charge in [-0.1, -0.05) is 6.08 Å². The number of carbonyl (C=O) groups is 1. The first kappa shape index (κ1) is 15.0. The summed E-state index contributed by atoms with van der Waals surface area (Å²) in [6.45, 7) is 5.14. The maximum atomic E-state index is 11.4. The SMILES string of the molecule is C=CC1CCN(c2ncc(C(=O)OC)cc2[N+](=O)[O-])CC1. The zero-order chi connectivity index (χ0) is 15.4. The summed E-state index contributed by atoms with van der Waals surface area (Å²) in [5.41, 5.74) is -0.0936. The molecule has 0 radical (unpaired) electrons. The Morgan fingerprint density at radius 2 is 2.24 bits per heavy atom. The van der Waals surface area contributed by atoms with Gasteiger partial charge in [0.15, 0.2) is 0 Å². The molecular weight excluding hydrogens is 274 g/mol. The number of nitro groups is 1. The summed E-state index contributed by atoms with van der Waals surface area (Å²) in [7, 11) is 1.22. The van der Waals surface area contributed by atoms with E-state index in [0.717, 1.165) is 12.8 Å². The second kappa shape index (κ2) is 6.34. The van der Waals surface area contributed by atoms with E-state index in [4.69, 9.17) is 0 Å². The zero-order valence-corrected chi connectivity index (χ0v) is 11.8. The Labute approximate surface area is 122 Å². The lowest BCUT2D eigenvalue weighted by Crippen LogP contribution is -2.34. The molecule has 0 spiro atoms. The van der Waals surface area contributed by atoms with Crippen LogP contribution in [0.25, 0.3) is 0 Å². The van der Waals surface area contributed by atoms with Gasteiger partial charge in [-0.25, -0.2) is 9.78 Å². The van der Waals surface area contributed by atoms with E-state index in [-0.39, 0.29) is 11.3 Å². The van der Waals surface area contributed by atoms with Crippen LogP contribution in [0.15, 0.2) is 24.9 Å². The van der Waals surface area contributed by atoms with Crippen molar-refractivity contribution in [2.75, 3.05) is 25.1 Å². The molecule has 1 aromatic heterocycles. The number of rotatable bonds is 4. The van der Waals surface area contributed by atoms with Crippen molar-refractivity contribution in [3.05, 3.63) is 40.6 Å². The van der Waals surface area contributed by atoms with E-state index in [0.29, 0.717) is 24.8 Å². The largest absolute Gasteiger partial charge is 0.465 e. The predicted octanol–water partition coefficient (Wildman–Crippen LogP) is 2.18. The molecule has 1 fully saturated rings. The van der Waals surface area contributed by atoms with Crippen LogP contribution >= 0.6 is 0 Å². The minimum absolute atomic E-state index is 0.0777. The third-order valence-corrected chi connectivity index (χ3v) is 3.64. The molecule has 7 nitrogen and oxygen atoms in total. The topological polar surface area (TPSA) is 85.6 Å². The summed E-state index contributed by atoms with van der Waals surface area (Å²) < 4.78 is 4.56. The summed E-state index contributed by atoms with van der Waals surface area (Å²) in [5, 5.41) is 11.2. The van der Waals surface area contributed by atoms with Gasteiger partial charge in [-0.15, -0.1) is 6.58 Å². The van der Waals surface area contributed by atoms with Crippen LogP contribution in [0.5, 0.6) is 0 Å². The van der Waals surface area contributed by atoms with Gasteiger partial charge < -0.3 is 9.64 Å². The van der Waals surface area contributed by atoms with Crippen LogP contribution < -0.4 is 4.90 Å². The third kappa shape index (κ3) is 3.18. The Kier molecular flexibility index (Phi) is 4.52. The van der Waals surface area contributed by atoms with Crippen molar-refractivity contribution in [3.8, 4) is 0 Å². The number of methoxy groups -OCH3 is 1. The minimum Gasteiger partial charge on any atom is -0.465 e. The molecular formula is C14H17N3O4. The molecule has 2 rings (SSSR count). The minimum atomic E-state index is -0.637. The average Bonchev–Trinajstić information content (AvgIpc) is 2.53. The van der Waals surface area contributed by atoms with Gasteiger partial charge in [-0.3, -0.25) is 10.1 Å². The van der Waals surface area contributed by atoms with Gasteiger partial charge in [-0.2, -0.15) is 0 Å². The van der Waals surface area contributed by atoms with Crippen LogP contribution in [0.1, 0.15) is 23.2 Å². The first-order valence-corrected chi connectivity index (χ1v) is 6.67. The molecule has 0 saturated carbocycles. The Hall–Kier alpha value is -2.44. The summed E-state index contributed by atoms with van der Waals surface area (Å²) >= 11 is 0. The molecule has 2 heterocycles. The number of piperidine rings is 1. The van der Waals surface area contributed by atoms with Gasteiger partial charge >= 0.3 is 11.7 Å². The highest BCUT2D eigenvalue weighted by Crippen LogP contribution is 2.30. The molecule has 0 amide bonds. The van der Waals surface area contributed by atoms with Crippen LogP contribution in [0.3, 0.4) is 0 Å². The molecule has 1 aliphatic heterocycles. The van der Waals surface area contributed by atoms with E-state index in [1.165, 1.54) is 19.4 Å². The van der Waals surface area contributed by atoms with Crippen LogP contribution in [-0.2, 0) is 4.74 Å². The standard InChI is InChI=1S/C14H17N3O4/c1-3-10-4-6-16(7-5-10)13-12(17(19)20)8-11(9-15-13)14(18)21-2/h3,8-10H,1,4-7H2,2H3. The number of allylic oxidation sites excluding steroid dienone is 1. The summed E-state index contributed by atoms with van der Waals surface area (Å²) in [6, 6.07) is 1.22. The Morgan fingerprint density at radius 3 is 2.76 bits per heavy atom. The van der Waals surface area contributed by atoms with Crippen molar-refractivity contribution >= 4 is 17.5 Å². The van der Waals surface area contributed by atoms with Crippen LogP contribution in [0.4, 0.5) is 11.5 Å². The number of anilines is 1.